The molecule has 0 spiro atoms. The van der Waals surface area contributed by atoms with Crippen molar-refractivity contribution in [3.05, 3.63) is 28.5 Å². The predicted molar refractivity (Wildman–Crippen MR) is 76.1 cm³/mol. The number of aromatic nitrogens is 1. The lowest BCUT2D eigenvalue weighted by atomic mass is 10.00. The number of hydrazine groups is 1. The van der Waals surface area contributed by atoms with Gasteiger partial charge in [-0.1, -0.05) is 18.0 Å². The molecule has 0 aromatic carbocycles. The summed E-state index contributed by atoms with van der Waals surface area (Å²) in [4.78, 5) is 16.4. The average Bonchev–Trinajstić information content (AvgIpc) is 2.33. The molecule has 4 nitrogen and oxygen atoms in total. The van der Waals surface area contributed by atoms with E-state index >= 15 is 0 Å². The summed E-state index contributed by atoms with van der Waals surface area (Å²) in [6.07, 6.45) is 4.95. The number of carbonyl (C=O) groups is 1. The topological polar surface area (TPSA) is 45.2 Å². The number of nitrogens with one attached hydrogen (secondary N) is 1. The van der Waals surface area contributed by atoms with Crippen LogP contribution in [0.1, 0.15) is 49.2 Å². The standard InChI is InChI=1S/C14H20ClN3O/c1-9-7-13(15)12(8-16-9)14(19)17-18-10(2)5-4-6-11(18)3/h7-8,10-11H,4-6H2,1-3H3,(H,17,19). The maximum Gasteiger partial charge on any atom is 0.268 e. The van der Waals surface area contributed by atoms with E-state index in [0.717, 1.165) is 18.5 Å². The maximum atomic E-state index is 12.3. The van der Waals surface area contributed by atoms with Crippen molar-refractivity contribution in [2.24, 2.45) is 0 Å². The zero-order valence-electron chi connectivity index (χ0n) is 11.6. The van der Waals surface area contributed by atoms with Gasteiger partial charge in [-0.25, -0.2) is 5.01 Å². The fraction of sp³-hybridized carbons (Fsp3) is 0.571. The monoisotopic (exact) mass is 281 g/mol. The molecule has 1 aliphatic rings. The molecule has 0 bridgehead atoms. The molecule has 2 unspecified atom stereocenters. The Morgan fingerprint density at radius 3 is 2.63 bits per heavy atom. The maximum absolute atomic E-state index is 12.3. The molecule has 19 heavy (non-hydrogen) atoms. The van der Waals surface area contributed by atoms with Crippen LogP contribution < -0.4 is 5.43 Å². The largest absolute Gasteiger partial charge is 0.284 e. The molecule has 1 aliphatic heterocycles. The van der Waals surface area contributed by atoms with E-state index in [0.29, 0.717) is 22.7 Å². The Balaban J connectivity index is 2.11. The summed E-state index contributed by atoms with van der Waals surface area (Å²) in [5.74, 6) is -0.182. The number of hydrogen-bond donors (Lipinski definition) is 1. The predicted octanol–water partition coefficient (Wildman–Crippen LogP) is 2.95. The fourth-order valence-corrected chi connectivity index (χ4v) is 2.81. The van der Waals surface area contributed by atoms with E-state index in [1.165, 1.54) is 12.6 Å². The second kappa shape index (κ2) is 5.88. The third-order valence-electron chi connectivity index (χ3n) is 3.66. The van der Waals surface area contributed by atoms with Gasteiger partial charge in [-0.2, -0.15) is 0 Å². The SMILES string of the molecule is Cc1cc(Cl)c(C(=O)NN2C(C)CCCC2C)cn1. The lowest BCUT2D eigenvalue weighted by Crippen LogP contribution is -2.54. The van der Waals surface area contributed by atoms with Crippen LogP contribution in [-0.4, -0.2) is 28.0 Å². The van der Waals surface area contributed by atoms with Crippen molar-refractivity contribution in [3.8, 4) is 0 Å². The first-order chi connectivity index (χ1) is 8.99. The normalized spacial score (nSPS) is 24.2. The van der Waals surface area contributed by atoms with Crippen LogP contribution in [-0.2, 0) is 0 Å². The molecule has 1 aromatic rings. The van der Waals surface area contributed by atoms with Gasteiger partial charge in [0.2, 0.25) is 0 Å². The number of amides is 1. The van der Waals surface area contributed by atoms with Crippen LogP contribution in [0.15, 0.2) is 12.3 Å². The van der Waals surface area contributed by atoms with Crippen molar-refractivity contribution < 1.29 is 4.79 Å². The summed E-state index contributed by atoms with van der Waals surface area (Å²) in [5.41, 5.74) is 4.20. The summed E-state index contributed by atoms with van der Waals surface area (Å²) in [6, 6.07) is 2.41. The highest BCUT2D eigenvalue weighted by Crippen LogP contribution is 2.21. The Kier molecular flexibility index (Phi) is 4.42. The number of piperidine rings is 1. The van der Waals surface area contributed by atoms with Gasteiger partial charge in [0.15, 0.2) is 0 Å². The lowest BCUT2D eigenvalue weighted by Gasteiger charge is -2.38. The molecule has 5 heteroatoms. The van der Waals surface area contributed by atoms with Crippen LogP contribution in [0.25, 0.3) is 0 Å². The van der Waals surface area contributed by atoms with E-state index in [1.807, 2.05) is 11.9 Å². The zero-order chi connectivity index (χ0) is 14.0. The first kappa shape index (κ1) is 14.3. The van der Waals surface area contributed by atoms with Crippen molar-refractivity contribution in [1.29, 1.82) is 0 Å². The minimum absolute atomic E-state index is 0.182. The van der Waals surface area contributed by atoms with Gasteiger partial charge in [-0.3, -0.25) is 15.2 Å². The molecule has 1 amide bonds. The number of halogens is 1. The quantitative estimate of drug-likeness (QED) is 0.906. The minimum Gasteiger partial charge on any atom is -0.284 e. The van der Waals surface area contributed by atoms with Crippen LogP contribution in [0.4, 0.5) is 0 Å². The van der Waals surface area contributed by atoms with E-state index in [1.54, 1.807) is 6.07 Å². The first-order valence-electron chi connectivity index (χ1n) is 6.70. The molecule has 2 atom stereocenters. The second-order valence-electron chi connectivity index (χ2n) is 5.28. The van der Waals surface area contributed by atoms with Gasteiger partial charge in [0, 0.05) is 24.0 Å². The highest BCUT2D eigenvalue weighted by Gasteiger charge is 2.26. The summed E-state index contributed by atoms with van der Waals surface area (Å²) < 4.78 is 0. The number of pyridine rings is 1. The van der Waals surface area contributed by atoms with Crippen LogP contribution in [0.3, 0.4) is 0 Å². The smallest absolute Gasteiger partial charge is 0.268 e. The van der Waals surface area contributed by atoms with E-state index in [9.17, 15) is 4.79 Å². The third-order valence-corrected chi connectivity index (χ3v) is 3.97. The molecule has 1 saturated heterocycles. The molecule has 2 rings (SSSR count). The molecule has 1 N–H and O–H groups in total. The Labute approximate surface area is 119 Å². The van der Waals surface area contributed by atoms with Crippen molar-refractivity contribution in [2.75, 3.05) is 0 Å². The van der Waals surface area contributed by atoms with Gasteiger partial charge in [-0.15, -0.1) is 0 Å². The van der Waals surface area contributed by atoms with E-state index < -0.39 is 0 Å². The Bertz CT molecular complexity index is 468. The molecule has 1 aromatic heterocycles. The van der Waals surface area contributed by atoms with Crippen molar-refractivity contribution in [2.45, 2.75) is 52.1 Å². The van der Waals surface area contributed by atoms with E-state index in [-0.39, 0.29) is 5.91 Å². The van der Waals surface area contributed by atoms with Gasteiger partial charge in [0.1, 0.15) is 0 Å². The summed E-state index contributed by atoms with van der Waals surface area (Å²) in [7, 11) is 0. The van der Waals surface area contributed by atoms with Crippen molar-refractivity contribution in [1.82, 2.24) is 15.4 Å². The number of hydrogen-bond acceptors (Lipinski definition) is 3. The van der Waals surface area contributed by atoms with Crippen molar-refractivity contribution in [3.63, 3.8) is 0 Å². The summed E-state index contributed by atoms with van der Waals surface area (Å²) >= 11 is 6.10. The molecule has 2 heterocycles. The molecular formula is C14H20ClN3O. The second-order valence-corrected chi connectivity index (χ2v) is 5.69. The van der Waals surface area contributed by atoms with Crippen LogP contribution in [0.2, 0.25) is 5.02 Å². The summed E-state index contributed by atoms with van der Waals surface area (Å²) in [5, 5.41) is 2.48. The minimum atomic E-state index is -0.182. The first-order valence-corrected chi connectivity index (χ1v) is 7.08. The van der Waals surface area contributed by atoms with Gasteiger partial charge in [-0.05, 0) is 39.7 Å². The molecular weight excluding hydrogens is 262 g/mol. The van der Waals surface area contributed by atoms with Crippen LogP contribution >= 0.6 is 11.6 Å². The fourth-order valence-electron chi connectivity index (χ4n) is 2.51. The molecule has 0 aliphatic carbocycles. The van der Waals surface area contributed by atoms with Crippen LogP contribution in [0, 0.1) is 6.92 Å². The third kappa shape index (κ3) is 3.25. The average molecular weight is 282 g/mol. The number of aryl methyl sites for hydroxylation is 1. The highest BCUT2D eigenvalue weighted by atomic mass is 35.5. The number of rotatable bonds is 2. The van der Waals surface area contributed by atoms with E-state index in [4.69, 9.17) is 11.6 Å². The van der Waals surface area contributed by atoms with Crippen molar-refractivity contribution >= 4 is 17.5 Å². The van der Waals surface area contributed by atoms with Crippen LogP contribution in [0.5, 0.6) is 0 Å². The van der Waals surface area contributed by atoms with Gasteiger partial charge >= 0.3 is 0 Å². The summed E-state index contributed by atoms with van der Waals surface area (Å²) in [6.45, 7) is 6.11. The molecule has 104 valence electrons. The molecule has 1 fully saturated rings. The highest BCUT2D eigenvalue weighted by molar-refractivity contribution is 6.33. The lowest BCUT2D eigenvalue weighted by molar-refractivity contribution is 0.0369. The van der Waals surface area contributed by atoms with Gasteiger partial charge in [0.25, 0.3) is 5.91 Å². The van der Waals surface area contributed by atoms with E-state index in [2.05, 4.69) is 24.3 Å². The Morgan fingerprint density at radius 1 is 1.42 bits per heavy atom. The number of carbonyl (C=O) groups excluding carboxylic acids is 1. The Hall–Kier alpha value is -1.13. The molecule has 0 radical (unpaired) electrons. The molecule has 0 saturated carbocycles. The zero-order valence-corrected chi connectivity index (χ0v) is 12.4. The van der Waals surface area contributed by atoms with Gasteiger partial charge in [0.05, 0.1) is 10.6 Å². The number of nitrogens with zero attached hydrogens (tertiary/aromatic N) is 2. The Morgan fingerprint density at radius 2 is 2.05 bits per heavy atom. The van der Waals surface area contributed by atoms with Gasteiger partial charge < -0.3 is 0 Å².